The van der Waals surface area contributed by atoms with Crippen molar-refractivity contribution in [3.8, 4) is 27.7 Å². The molecule has 6 rings (SSSR count). The minimum Gasteiger partial charge on any atom is -0.493 e. The fourth-order valence-corrected chi connectivity index (χ4v) is 6.59. The summed E-state index contributed by atoms with van der Waals surface area (Å²) in [7, 11) is 1.65. The second-order valence-corrected chi connectivity index (χ2v) is 10.8. The van der Waals surface area contributed by atoms with Gasteiger partial charge < -0.3 is 9.64 Å². The Hall–Kier alpha value is -2.98. The number of nitrogens with zero attached hydrogens (tertiary/aromatic N) is 7. The highest BCUT2D eigenvalue weighted by Crippen LogP contribution is 2.42. The lowest BCUT2D eigenvalue weighted by molar-refractivity contribution is 0.191. The van der Waals surface area contributed by atoms with Gasteiger partial charge in [-0.15, -0.1) is 0 Å². The van der Waals surface area contributed by atoms with Crippen molar-refractivity contribution in [1.82, 2.24) is 34.7 Å². The molecule has 2 atom stereocenters. The first kappa shape index (κ1) is 21.5. The third-order valence-electron chi connectivity index (χ3n) is 7.16. The number of H-pyrrole nitrogens is 1. The summed E-state index contributed by atoms with van der Waals surface area (Å²) in [5, 5.41) is 14.5. The molecule has 0 amide bonds. The van der Waals surface area contributed by atoms with Crippen LogP contribution < -0.4 is 9.64 Å². The van der Waals surface area contributed by atoms with Gasteiger partial charge in [0.1, 0.15) is 22.0 Å². The molecule has 0 saturated carbocycles. The minimum atomic E-state index is 0.260. The Morgan fingerprint density at radius 3 is 2.71 bits per heavy atom. The number of methoxy groups -OCH3 is 1. The van der Waals surface area contributed by atoms with E-state index in [4.69, 9.17) is 14.8 Å². The lowest BCUT2D eigenvalue weighted by Crippen LogP contribution is -2.48. The summed E-state index contributed by atoms with van der Waals surface area (Å²) in [5.41, 5.74) is 4.69. The Labute approximate surface area is 202 Å². The number of pyridine rings is 1. The number of hydrogen-bond donors (Lipinski definition) is 1. The Morgan fingerprint density at radius 1 is 1.15 bits per heavy atom. The Kier molecular flexibility index (Phi) is 5.11. The average molecular weight is 479 g/mol. The SMILES string of the molecule is COc1cc(-c2[nH]nc(-c3ncc(N4C[C@@H]5C[C@H]4CN5C(C)C)s3)c2C(C)C)cn2ncnc12. The van der Waals surface area contributed by atoms with Gasteiger partial charge in [-0.1, -0.05) is 25.2 Å². The molecule has 0 radical (unpaired) electrons. The van der Waals surface area contributed by atoms with Gasteiger partial charge in [-0.25, -0.2) is 14.5 Å². The maximum Gasteiger partial charge on any atom is 0.197 e. The number of fused-ring (bicyclic) bond motifs is 3. The largest absolute Gasteiger partial charge is 0.493 e. The summed E-state index contributed by atoms with van der Waals surface area (Å²) < 4.78 is 7.31. The van der Waals surface area contributed by atoms with E-state index in [9.17, 15) is 0 Å². The molecule has 4 aromatic heterocycles. The van der Waals surface area contributed by atoms with Crippen molar-refractivity contribution in [1.29, 1.82) is 0 Å². The van der Waals surface area contributed by atoms with Crippen LogP contribution in [0.5, 0.6) is 5.75 Å². The first-order valence-electron chi connectivity index (χ1n) is 11.9. The van der Waals surface area contributed by atoms with Gasteiger partial charge in [0.15, 0.2) is 11.4 Å². The maximum atomic E-state index is 5.57. The third kappa shape index (κ3) is 3.31. The van der Waals surface area contributed by atoms with Gasteiger partial charge in [0.25, 0.3) is 0 Å². The highest BCUT2D eigenvalue weighted by molar-refractivity contribution is 7.18. The summed E-state index contributed by atoms with van der Waals surface area (Å²) in [6.45, 7) is 11.2. The molecule has 4 aromatic rings. The molecule has 178 valence electrons. The summed E-state index contributed by atoms with van der Waals surface area (Å²) in [5.74, 6) is 0.938. The Balaban J connectivity index is 1.34. The lowest BCUT2D eigenvalue weighted by atomic mass is 9.97. The monoisotopic (exact) mass is 478 g/mol. The van der Waals surface area contributed by atoms with Gasteiger partial charge in [-0.2, -0.15) is 10.2 Å². The molecule has 0 aliphatic carbocycles. The van der Waals surface area contributed by atoms with Crippen LogP contribution in [-0.2, 0) is 0 Å². The van der Waals surface area contributed by atoms with Crippen LogP contribution in [0.1, 0.15) is 45.6 Å². The molecule has 6 heterocycles. The predicted octanol–water partition coefficient (Wildman–Crippen LogP) is 4.05. The van der Waals surface area contributed by atoms with E-state index >= 15 is 0 Å². The second kappa shape index (κ2) is 8.06. The second-order valence-electron chi connectivity index (χ2n) is 9.83. The van der Waals surface area contributed by atoms with Crippen molar-refractivity contribution in [2.45, 2.75) is 58.2 Å². The first-order chi connectivity index (χ1) is 16.4. The number of aromatic nitrogens is 6. The van der Waals surface area contributed by atoms with Crippen LogP contribution in [0.2, 0.25) is 0 Å². The third-order valence-corrected chi connectivity index (χ3v) is 8.20. The van der Waals surface area contributed by atoms with Crippen LogP contribution in [0.25, 0.3) is 27.6 Å². The molecule has 1 N–H and O–H groups in total. The van der Waals surface area contributed by atoms with Crippen LogP contribution in [0.3, 0.4) is 0 Å². The standard InChI is InChI=1S/C24H30N8OS/c1-13(2)20-21(15-6-18(33-5)23-26-12-27-32(23)9-15)28-29-22(20)24-25-8-19(34-24)31-11-16-7-17(31)10-30(16)14(3)4/h6,8-9,12-14,16-17H,7,10-11H2,1-5H3,(H,28,29)/t16-,17-/m0/s1. The molecule has 10 heteroatoms. The van der Waals surface area contributed by atoms with Crippen molar-refractivity contribution in [3.63, 3.8) is 0 Å². The zero-order valence-electron chi connectivity index (χ0n) is 20.2. The highest BCUT2D eigenvalue weighted by atomic mass is 32.1. The fraction of sp³-hybridized carbons (Fsp3) is 0.500. The van der Waals surface area contributed by atoms with E-state index in [-0.39, 0.29) is 5.92 Å². The molecule has 9 nitrogen and oxygen atoms in total. The zero-order chi connectivity index (χ0) is 23.6. The van der Waals surface area contributed by atoms with E-state index in [0.29, 0.717) is 29.5 Å². The first-order valence-corrected chi connectivity index (χ1v) is 12.7. The quantitative estimate of drug-likeness (QED) is 0.447. The number of hydrogen-bond acceptors (Lipinski definition) is 8. The van der Waals surface area contributed by atoms with Gasteiger partial charge >= 0.3 is 0 Å². The smallest absolute Gasteiger partial charge is 0.197 e. The number of aromatic amines is 1. The molecule has 2 saturated heterocycles. The predicted molar refractivity (Wildman–Crippen MR) is 134 cm³/mol. The van der Waals surface area contributed by atoms with E-state index in [1.165, 1.54) is 17.7 Å². The van der Waals surface area contributed by atoms with Crippen LogP contribution in [-0.4, -0.2) is 73.0 Å². The van der Waals surface area contributed by atoms with E-state index in [2.05, 4.69) is 52.7 Å². The number of thiazole rings is 1. The van der Waals surface area contributed by atoms with Gasteiger partial charge in [-0.05, 0) is 32.3 Å². The zero-order valence-corrected chi connectivity index (χ0v) is 21.0. The van der Waals surface area contributed by atoms with Gasteiger partial charge in [0.2, 0.25) is 0 Å². The van der Waals surface area contributed by atoms with Crippen LogP contribution in [0.15, 0.2) is 24.8 Å². The number of ether oxygens (including phenoxy) is 1. The molecule has 0 spiro atoms. The van der Waals surface area contributed by atoms with Crippen LogP contribution in [0.4, 0.5) is 5.00 Å². The molecular formula is C24H30N8OS. The van der Waals surface area contributed by atoms with Crippen molar-refractivity contribution in [2.75, 3.05) is 25.1 Å². The summed E-state index contributed by atoms with van der Waals surface area (Å²) in [4.78, 5) is 14.3. The summed E-state index contributed by atoms with van der Waals surface area (Å²) in [6.07, 6.45) is 6.78. The van der Waals surface area contributed by atoms with Crippen molar-refractivity contribution in [2.24, 2.45) is 0 Å². The maximum absolute atomic E-state index is 5.57. The molecular weight excluding hydrogens is 448 g/mol. The Bertz CT molecular complexity index is 1340. The Morgan fingerprint density at radius 2 is 2.00 bits per heavy atom. The topological polar surface area (TPSA) is 87.5 Å². The van der Waals surface area contributed by atoms with Crippen LogP contribution >= 0.6 is 11.3 Å². The van der Waals surface area contributed by atoms with Gasteiger partial charge in [-0.3, -0.25) is 10.00 Å². The summed E-state index contributed by atoms with van der Waals surface area (Å²) in [6, 6.07) is 3.84. The van der Waals surface area contributed by atoms with E-state index in [0.717, 1.165) is 40.6 Å². The molecule has 2 fully saturated rings. The number of anilines is 1. The number of nitrogens with one attached hydrogen (secondary N) is 1. The van der Waals surface area contributed by atoms with Gasteiger partial charge in [0, 0.05) is 48.5 Å². The normalized spacial score (nSPS) is 20.5. The molecule has 2 aliphatic rings. The van der Waals surface area contributed by atoms with Crippen molar-refractivity contribution >= 4 is 22.0 Å². The highest BCUT2D eigenvalue weighted by Gasteiger charge is 2.44. The van der Waals surface area contributed by atoms with Crippen LogP contribution in [0, 0.1) is 0 Å². The van der Waals surface area contributed by atoms with Crippen molar-refractivity contribution < 1.29 is 4.74 Å². The van der Waals surface area contributed by atoms with Gasteiger partial charge in [0.05, 0.1) is 19.0 Å². The number of rotatable bonds is 6. The lowest BCUT2D eigenvalue weighted by Gasteiger charge is -2.36. The fourth-order valence-electron chi connectivity index (χ4n) is 5.59. The molecule has 2 bridgehead atoms. The molecule has 0 unspecified atom stereocenters. The minimum absolute atomic E-state index is 0.260. The van der Waals surface area contributed by atoms with E-state index in [1.54, 1.807) is 23.0 Å². The van der Waals surface area contributed by atoms with E-state index < -0.39 is 0 Å². The van der Waals surface area contributed by atoms with Crippen molar-refractivity contribution in [3.05, 3.63) is 30.4 Å². The number of piperazine rings is 1. The average Bonchev–Trinajstić information content (AvgIpc) is 3.63. The molecule has 0 aromatic carbocycles. The number of likely N-dealkylation sites (tertiary alicyclic amines) is 1. The summed E-state index contributed by atoms with van der Waals surface area (Å²) >= 11 is 1.75. The van der Waals surface area contributed by atoms with E-state index in [1.807, 2.05) is 18.5 Å². The molecule has 2 aliphatic heterocycles. The molecule has 34 heavy (non-hydrogen) atoms.